The van der Waals surface area contributed by atoms with Crippen LogP contribution in [0.15, 0.2) is 59.0 Å². The van der Waals surface area contributed by atoms with Crippen LogP contribution < -0.4 is 10.9 Å². The second-order valence-electron chi connectivity index (χ2n) is 6.06. The fraction of sp³-hybridized carbons (Fsp3) is 0.200. The van der Waals surface area contributed by atoms with Crippen molar-refractivity contribution in [2.75, 3.05) is 13.2 Å². The average Bonchev–Trinajstić information content (AvgIpc) is 2.90. The highest BCUT2D eigenvalue weighted by molar-refractivity contribution is 6.35. The number of rotatable bonds is 6. The molecule has 0 aromatic carbocycles. The van der Waals surface area contributed by atoms with E-state index < -0.39 is 11.9 Å². The molecule has 0 spiro atoms. The van der Waals surface area contributed by atoms with Crippen molar-refractivity contribution in [1.29, 1.82) is 0 Å². The summed E-state index contributed by atoms with van der Waals surface area (Å²) in [5.74, 6) is -0.626. The molecule has 3 aromatic rings. The van der Waals surface area contributed by atoms with Crippen LogP contribution in [0.25, 0.3) is 11.5 Å². The molecule has 1 aliphatic heterocycles. The monoisotopic (exact) mass is 464 g/mol. The van der Waals surface area contributed by atoms with E-state index in [-0.39, 0.29) is 30.7 Å². The number of hydrogen-bond donors (Lipinski definition) is 2. The molecular formula is C20H20N10O4. The Morgan fingerprint density at radius 3 is 1.91 bits per heavy atom. The van der Waals surface area contributed by atoms with Crippen molar-refractivity contribution in [1.82, 2.24) is 41.2 Å². The van der Waals surface area contributed by atoms with Crippen molar-refractivity contribution in [3.05, 3.63) is 60.3 Å². The molecule has 0 saturated carbocycles. The number of nitrogens with zero attached hydrogens (tertiary/aromatic N) is 8. The quantitative estimate of drug-likeness (QED) is 0.478. The molecule has 0 radical (unpaired) electrons. The SMILES string of the molecule is CCOC(=O)C1=NNC(c2ccccn2)=NN1.CCOC(=O)c1nnc(-c2ccccn2)nn1. The van der Waals surface area contributed by atoms with Gasteiger partial charge in [0.15, 0.2) is 5.84 Å². The Balaban J connectivity index is 0.000000191. The van der Waals surface area contributed by atoms with Gasteiger partial charge in [-0.2, -0.15) is 5.10 Å². The first kappa shape index (κ1) is 23.8. The summed E-state index contributed by atoms with van der Waals surface area (Å²) in [5.41, 5.74) is 6.33. The van der Waals surface area contributed by atoms with Gasteiger partial charge in [0, 0.05) is 12.4 Å². The number of pyridine rings is 2. The van der Waals surface area contributed by atoms with Gasteiger partial charge < -0.3 is 9.47 Å². The summed E-state index contributed by atoms with van der Waals surface area (Å²) in [7, 11) is 0. The number of aromatic nitrogens is 6. The number of amidine groups is 2. The molecule has 14 heteroatoms. The number of ether oxygens (including phenoxy) is 2. The molecule has 0 fully saturated rings. The standard InChI is InChI=1S/C10H11N5O2.C10H9N5O2/c2*1-2-17-10(16)9-14-12-8(13-15-9)7-5-3-4-6-11-7/h3-6H,2H2,1H3,(H,12,13)(H,14,15);3-6H,2H2,1H3. The molecule has 3 aromatic heterocycles. The van der Waals surface area contributed by atoms with Gasteiger partial charge in [0.25, 0.3) is 11.7 Å². The summed E-state index contributed by atoms with van der Waals surface area (Å²) in [6.07, 6.45) is 3.25. The van der Waals surface area contributed by atoms with Gasteiger partial charge in [-0.1, -0.05) is 12.1 Å². The van der Waals surface area contributed by atoms with E-state index in [2.05, 4.69) is 51.4 Å². The van der Waals surface area contributed by atoms with E-state index in [1.54, 1.807) is 56.6 Å². The molecular weight excluding hydrogens is 444 g/mol. The third kappa shape index (κ3) is 6.56. The second kappa shape index (κ2) is 12.2. The van der Waals surface area contributed by atoms with Crippen molar-refractivity contribution in [2.24, 2.45) is 10.2 Å². The van der Waals surface area contributed by atoms with E-state index in [0.717, 1.165) is 0 Å². The Morgan fingerprint density at radius 1 is 0.765 bits per heavy atom. The van der Waals surface area contributed by atoms with Crippen LogP contribution >= 0.6 is 0 Å². The highest BCUT2D eigenvalue weighted by atomic mass is 16.5. The largest absolute Gasteiger partial charge is 0.460 e. The molecule has 0 unspecified atom stereocenters. The van der Waals surface area contributed by atoms with Gasteiger partial charge in [0.2, 0.25) is 5.82 Å². The lowest BCUT2D eigenvalue weighted by Gasteiger charge is -2.12. The van der Waals surface area contributed by atoms with Gasteiger partial charge in [-0.25, -0.2) is 9.59 Å². The predicted octanol–water partition coefficient (Wildman–Crippen LogP) is 0.318. The molecule has 4 rings (SSSR count). The Morgan fingerprint density at radius 2 is 1.38 bits per heavy atom. The van der Waals surface area contributed by atoms with E-state index in [4.69, 9.17) is 9.47 Å². The van der Waals surface area contributed by atoms with Crippen LogP contribution in [0.4, 0.5) is 0 Å². The van der Waals surface area contributed by atoms with Crippen molar-refractivity contribution >= 4 is 23.6 Å². The Bertz CT molecular complexity index is 1150. The molecule has 174 valence electrons. The van der Waals surface area contributed by atoms with Crippen molar-refractivity contribution < 1.29 is 19.1 Å². The third-order valence-electron chi connectivity index (χ3n) is 3.75. The van der Waals surface area contributed by atoms with Gasteiger partial charge >= 0.3 is 11.9 Å². The summed E-state index contributed by atoms with van der Waals surface area (Å²) < 4.78 is 9.48. The smallest absolute Gasteiger partial charge is 0.380 e. The number of nitrogens with one attached hydrogen (secondary N) is 2. The minimum absolute atomic E-state index is 0.0199. The van der Waals surface area contributed by atoms with Crippen LogP contribution in [0.5, 0.6) is 0 Å². The fourth-order valence-corrected chi connectivity index (χ4v) is 2.28. The predicted molar refractivity (Wildman–Crippen MR) is 118 cm³/mol. The number of hydrogen-bond acceptors (Lipinski definition) is 14. The first-order valence-corrected chi connectivity index (χ1v) is 10.0. The Hall–Kier alpha value is -4.88. The van der Waals surface area contributed by atoms with Crippen molar-refractivity contribution in [3.8, 4) is 11.5 Å². The summed E-state index contributed by atoms with van der Waals surface area (Å²) in [4.78, 5) is 30.7. The third-order valence-corrected chi connectivity index (χ3v) is 3.75. The zero-order chi connectivity index (χ0) is 24.2. The van der Waals surface area contributed by atoms with Gasteiger partial charge in [0.1, 0.15) is 11.4 Å². The Labute approximate surface area is 193 Å². The lowest BCUT2D eigenvalue weighted by atomic mass is 10.3. The summed E-state index contributed by atoms with van der Waals surface area (Å²) >= 11 is 0. The second-order valence-corrected chi connectivity index (χ2v) is 6.06. The summed E-state index contributed by atoms with van der Waals surface area (Å²) in [6.45, 7) is 3.96. The Kier molecular flexibility index (Phi) is 8.55. The van der Waals surface area contributed by atoms with Crippen molar-refractivity contribution in [2.45, 2.75) is 13.8 Å². The first-order valence-electron chi connectivity index (χ1n) is 10.0. The molecule has 0 amide bonds. The lowest BCUT2D eigenvalue weighted by Crippen LogP contribution is -2.39. The van der Waals surface area contributed by atoms with Gasteiger partial charge in [-0.3, -0.25) is 20.8 Å². The van der Waals surface area contributed by atoms with Gasteiger partial charge in [-0.05, 0) is 38.1 Å². The number of hydrazone groups is 2. The molecule has 2 N–H and O–H groups in total. The summed E-state index contributed by atoms with van der Waals surface area (Å²) in [5, 5.41) is 22.6. The maximum Gasteiger partial charge on any atom is 0.380 e. The lowest BCUT2D eigenvalue weighted by molar-refractivity contribution is -0.135. The highest BCUT2D eigenvalue weighted by Crippen LogP contribution is 2.07. The molecule has 4 heterocycles. The minimum Gasteiger partial charge on any atom is -0.460 e. The maximum atomic E-state index is 11.3. The van der Waals surface area contributed by atoms with Crippen LogP contribution in [0.1, 0.15) is 30.2 Å². The number of esters is 2. The molecule has 14 nitrogen and oxygen atoms in total. The maximum absolute atomic E-state index is 11.3. The molecule has 0 aliphatic carbocycles. The molecule has 34 heavy (non-hydrogen) atoms. The zero-order valence-corrected chi connectivity index (χ0v) is 18.2. The number of carbonyl (C=O) groups excluding carboxylic acids is 2. The minimum atomic E-state index is -0.639. The normalized spacial score (nSPS) is 11.9. The van der Waals surface area contributed by atoms with Crippen LogP contribution in [0.2, 0.25) is 0 Å². The fourth-order valence-electron chi connectivity index (χ4n) is 2.28. The van der Waals surface area contributed by atoms with E-state index in [1.807, 2.05) is 6.07 Å². The zero-order valence-electron chi connectivity index (χ0n) is 18.2. The molecule has 1 aliphatic rings. The van der Waals surface area contributed by atoms with Crippen LogP contribution in [0, 0.1) is 0 Å². The van der Waals surface area contributed by atoms with E-state index in [0.29, 0.717) is 17.2 Å². The van der Waals surface area contributed by atoms with Crippen molar-refractivity contribution in [3.63, 3.8) is 0 Å². The summed E-state index contributed by atoms with van der Waals surface area (Å²) in [6, 6.07) is 10.7. The van der Waals surface area contributed by atoms with Crippen LogP contribution in [0.3, 0.4) is 0 Å². The molecule has 0 bridgehead atoms. The first-order chi connectivity index (χ1) is 16.6. The van der Waals surface area contributed by atoms with Crippen LogP contribution in [-0.4, -0.2) is 67.2 Å². The topological polar surface area (TPSA) is 179 Å². The van der Waals surface area contributed by atoms with E-state index in [9.17, 15) is 9.59 Å². The van der Waals surface area contributed by atoms with Crippen LogP contribution in [-0.2, 0) is 14.3 Å². The van der Waals surface area contributed by atoms with E-state index >= 15 is 0 Å². The highest BCUT2D eigenvalue weighted by Gasteiger charge is 2.17. The van der Waals surface area contributed by atoms with Gasteiger partial charge in [-0.15, -0.1) is 25.5 Å². The number of carbonyl (C=O) groups is 2. The molecule has 0 saturated heterocycles. The van der Waals surface area contributed by atoms with Gasteiger partial charge in [0.05, 0.1) is 13.2 Å². The average molecular weight is 464 g/mol. The molecule has 0 atom stereocenters. The van der Waals surface area contributed by atoms with E-state index in [1.165, 1.54) is 0 Å².